The topological polar surface area (TPSA) is 83.6 Å². The minimum atomic E-state index is -0.0964. The van der Waals surface area contributed by atoms with E-state index in [0.29, 0.717) is 18.1 Å². The number of hydrogen-bond donors (Lipinski definition) is 1. The van der Waals surface area contributed by atoms with Gasteiger partial charge in [-0.15, -0.1) is 21.5 Å². The number of thioether (sulfide) groups is 1. The van der Waals surface area contributed by atoms with Gasteiger partial charge in [-0.1, -0.05) is 43.0 Å². The maximum Gasteiger partial charge on any atom is 0.253 e. The van der Waals surface area contributed by atoms with Crippen molar-refractivity contribution in [3.8, 4) is 0 Å². The van der Waals surface area contributed by atoms with Crippen molar-refractivity contribution in [3.63, 3.8) is 0 Å². The van der Waals surface area contributed by atoms with Crippen molar-refractivity contribution in [2.24, 2.45) is 11.0 Å². The van der Waals surface area contributed by atoms with Crippen LogP contribution in [0.3, 0.4) is 0 Å². The highest BCUT2D eigenvalue weighted by molar-refractivity contribution is 8.01. The number of nitrogens with one attached hydrogen (secondary N) is 1. The normalized spacial score (nSPS) is 16.4. The maximum atomic E-state index is 13.0. The summed E-state index contributed by atoms with van der Waals surface area (Å²) in [6.07, 6.45) is 2.27. The second-order valence-electron chi connectivity index (χ2n) is 6.93. The number of hydrazone groups is 1. The highest BCUT2D eigenvalue weighted by Gasteiger charge is 2.34. The van der Waals surface area contributed by atoms with Gasteiger partial charge in [0.1, 0.15) is 11.5 Å². The molecular weight excluding hydrogens is 426 g/mol. The summed E-state index contributed by atoms with van der Waals surface area (Å²) in [5, 5.41) is 20.5. The molecule has 1 amide bonds. The lowest BCUT2D eigenvalue weighted by Crippen LogP contribution is -2.28. The quantitative estimate of drug-likeness (QED) is 0.503. The summed E-state index contributed by atoms with van der Waals surface area (Å²) in [5.41, 5.74) is 0.794. The Bertz CT molecular complexity index is 966. The van der Waals surface area contributed by atoms with Gasteiger partial charge in [0.15, 0.2) is 4.34 Å². The van der Waals surface area contributed by atoms with Crippen LogP contribution in [-0.4, -0.2) is 39.1 Å². The molecule has 3 aromatic heterocycles. The number of furan rings is 1. The van der Waals surface area contributed by atoms with Crippen molar-refractivity contribution < 1.29 is 9.21 Å². The lowest BCUT2D eigenvalue weighted by atomic mass is 10.1. The first kappa shape index (κ1) is 20.1. The summed E-state index contributed by atoms with van der Waals surface area (Å²) in [4.78, 5) is 14.1. The Kier molecular flexibility index (Phi) is 6.31. The van der Waals surface area contributed by atoms with Crippen molar-refractivity contribution in [2.75, 3.05) is 17.6 Å². The van der Waals surface area contributed by atoms with Gasteiger partial charge in [0, 0.05) is 17.8 Å². The highest BCUT2D eigenvalue weighted by Crippen LogP contribution is 2.36. The Balaban J connectivity index is 1.43. The van der Waals surface area contributed by atoms with E-state index in [1.165, 1.54) is 23.1 Å². The zero-order chi connectivity index (χ0) is 20.2. The van der Waals surface area contributed by atoms with E-state index in [1.807, 2.05) is 29.6 Å². The molecule has 0 bridgehead atoms. The number of anilines is 1. The molecule has 0 fully saturated rings. The van der Waals surface area contributed by atoms with E-state index in [0.717, 1.165) is 26.6 Å². The van der Waals surface area contributed by atoms with Crippen molar-refractivity contribution in [1.29, 1.82) is 0 Å². The molecule has 3 aromatic rings. The molecule has 0 radical (unpaired) electrons. The fourth-order valence-corrected chi connectivity index (χ4v) is 5.28. The molecule has 0 aromatic carbocycles. The third-order valence-electron chi connectivity index (χ3n) is 4.23. The second kappa shape index (κ2) is 9.10. The van der Waals surface area contributed by atoms with E-state index in [4.69, 9.17) is 4.42 Å². The summed E-state index contributed by atoms with van der Waals surface area (Å²) in [6, 6.07) is 7.65. The summed E-state index contributed by atoms with van der Waals surface area (Å²) >= 11 is 4.49. The monoisotopic (exact) mass is 447 g/mol. The van der Waals surface area contributed by atoms with E-state index in [1.54, 1.807) is 22.6 Å². The maximum absolute atomic E-state index is 13.0. The molecule has 0 spiro atoms. The number of hydrogen-bond acceptors (Lipinski definition) is 9. The van der Waals surface area contributed by atoms with E-state index < -0.39 is 0 Å². The van der Waals surface area contributed by atoms with Crippen LogP contribution in [0.25, 0.3) is 0 Å². The molecule has 1 atom stereocenters. The van der Waals surface area contributed by atoms with Crippen LogP contribution in [0.4, 0.5) is 5.13 Å². The van der Waals surface area contributed by atoms with Gasteiger partial charge < -0.3 is 9.73 Å². The van der Waals surface area contributed by atoms with Gasteiger partial charge in [0.25, 0.3) is 5.91 Å². The molecule has 10 heteroatoms. The van der Waals surface area contributed by atoms with Gasteiger partial charge >= 0.3 is 0 Å². The van der Waals surface area contributed by atoms with Crippen LogP contribution in [0.15, 0.2) is 49.8 Å². The first-order valence-electron chi connectivity index (χ1n) is 9.27. The van der Waals surface area contributed by atoms with Gasteiger partial charge in [-0.25, -0.2) is 5.01 Å². The average Bonchev–Trinajstić information content (AvgIpc) is 3.49. The van der Waals surface area contributed by atoms with Gasteiger partial charge in [0.05, 0.1) is 18.1 Å². The third kappa shape index (κ3) is 4.88. The zero-order valence-corrected chi connectivity index (χ0v) is 18.5. The van der Waals surface area contributed by atoms with E-state index in [9.17, 15) is 4.79 Å². The number of carbonyl (C=O) groups is 1. The van der Waals surface area contributed by atoms with Crippen LogP contribution in [0.2, 0.25) is 0 Å². The molecule has 4 heterocycles. The summed E-state index contributed by atoms with van der Waals surface area (Å²) in [6.45, 7) is 5.12. The molecule has 4 rings (SSSR count). The lowest BCUT2D eigenvalue weighted by Gasteiger charge is -2.20. The summed E-state index contributed by atoms with van der Waals surface area (Å²) in [7, 11) is 0. The van der Waals surface area contributed by atoms with E-state index in [-0.39, 0.29) is 17.7 Å². The number of amides is 1. The van der Waals surface area contributed by atoms with Gasteiger partial charge in [0.2, 0.25) is 5.13 Å². The van der Waals surface area contributed by atoms with Crippen LogP contribution >= 0.6 is 34.4 Å². The molecule has 0 saturated heterocycles. The standard InChI is InChI=1S/C19H21N5O2S3/c1-12(2)10-20-18-21-22-19(29-18)28-11-17(25)24-14(16-6-4-8-27-16)9-13(23-24)15-5-3-7-26-15/h3-8,12,14H,9-11H2,1-2H3,(H,20,21). The molecule has 1 unspecified atom stereocenters. The van der Waals surface area contributed by atoms with E-state index in [2.05, 4.69) is 34.5 Å². The van der Waals surface area contributed by atoms with Crippen LogP contribution in [0.5, 0.6) is 0 Å². The van der Waals surface area contributed by atoms with Crippen molar-refractivity contribution in [1.82, 2.24) is 15.2 Å². The number of rotatable bonds is 8. The van der Waals surface area contributed by atoms with Crippen LogP contribution in [0.1, 0.15) is 36.9 Å². The molecule has 7 nitrogen and oxygen atoms in total. The molecule has 0 saturated carbocycles. The molecule has 1 aliphatic heterocycles. The second-order valence-corrected chi connectivity index (χ2v) is 10.1. The minimum Gasteiger partial charge on any atom is -0.463 e. The Labute approximate surface area is 181 Å². The van der Waals surface area contributed by atoms with Gasteiger partial charge in [-0.3, -0.25) is 4.79 Å². The molecule has 1 N–H and O–H groups in total. The zero-order valence-electron chi connectivity index (χ0n) is 16.1. The van der Waals surface area contributed by atoms with E-state index >= 15 is 0 Å². The Hall–Kier alpha value is -2.17. The number of carbonyl (C=O) groups excluding carboxylic acids is 1. The van der Waals surface area contributed by atoms with Crippen molar-refractivity contribution in [3.05, 3.63) is 46.5 Å². The molecule has 1 aliphatic rings. The molecule has 29 heavy (non-hydrogen) atoms. The summed E-state index contributed by atoms with van der Waals surface area (Å²) in [5.74, 6) is 1.44. The first-order valence-corrected chi connectivity index (χ1v) is 12.0. The molecule has 152 valence electrons. The van der Waals surface area contributed by atoms with Gasteiger partial charge in [-0.05, 0) is 29.5 Å². The molecule has 0 aliphatic carbocycles. The Morgan fingerprint density at radius 1 is 1.38 bits per heavy atom. The smallest absolute Gasteiger partial charge is 0.253 e. The van der Waals surface area contributed by atoms with Crippen LogP contribution in [-0.2, 0) is 4.79 Å². The van der Waals surface area contributed by atoms with Crippen LogP contribution in [0, 0.1) is 5.92 Å². The predicted molar refractivity (Wildman–Crippen MR) is 118 cm³/mol. The average molecular weight is 448 g/mol. The highest BCUT2D eigenvalue weighted by atomic mass is 32.2. The Morgan fingerprint density at radius 3 is 3.00 bits per heavy atom. The third-order valence-corrected chi connectivity index (χ3v) is 7.20. The SMILES string of the molecule is CC(C)CNc1nnc(SCC(=O)N2N=C(c3ccco3)CC2c2cccs2)s1. The fraction of sp³-hybridized carbons (Fsp3) is 0.368. The predicted octanol–water partition coefficient (Wildman–Crippen LogP) is 4.73. The first-order chi connectivity index (χ1) is 14.1. The van der Waals surface area contributed by atoms with Crippen molar-refractivity contribution >= 4 is 51.2 Å². The van der Waals surface area contributed by atoms with Gasteiger partial charge in [-0.2, -0.15) is 5.10 Å². The fourth-order valence-electron chi connectivity index (χ4n) is 2.85. The summed E-state index contributed by atoms with van der Waals surface area (Å²) < 4.78 is 6.26. The number of nitrogens with zero attached hydrogens (tertiary/aromatic N) is 4. The number of thiophene rings is 1. The number of aromatic nitrogens is 2. The largest absolute Gasteiger partial charge is 0.463 e. The lowest BCUT2D eigenvalue weighted by molar-refractivity contribution is -0.130. The Morgan fingerprint density at radius 2 is 2.28 bits per heavy atom. The van der Waals surface area contributed by atoms with Crippen molar-refractivity contribution in [2.45, 2.75) is 30.6 Å². The van der Waals surface area contributed by atoms with Crippen LogP contribution < -0.4 is 5.32 Å². The minimum absolute atomic E-state index is 0.0538. The molecular formula is C19H21N5O2S3.